The molecule has 0 aromatic heterocycles. The van der Waals surface area contributed by atoms with E-state index in [4.69, 9.17) is 0 Å². The Kier molecular flexibility index (Phi) is 3.95. The highest BCUT2D eigenvalue weighted by Crippen LogP contribution is 2.33. The van der Waals surface area contributed by atoms with Gasteiger partial charge >= 0.3 is 0 Å². The molecular weight excluding hydrogens is 220 g/mol. The molecule has 3 fully saturated rings. The molecule has 0 bridgehead atoms. The second kappa shape index (κ2) is 5.50. The zero-order valence-electron chi connectivity index (χ0n) is 12.3. The SMILES string of the molecule is CCC1CN2CCCC2CN1C1CCC(C)CC1. The minimum absolute atomic E-state index is 0.845. The fourth-order valence-corrected chi connectivity index (χ4v) is 4.50. The van der Waals surface area contributed by atoms with Crippen LogP contribution >= 0.6 is 0 Å². The number of piperazine rings is 1. The van der Waals surface area contributed by atoms with Crippen molar-refractivity contribution in [3.8, 4) is 0 Å². The maximum Gasteiger partial charge on any atom is 0.0224 e. The first-order valence-electron chi connectivity index (χ1n) is 8.27. The maximum atomic E-state index is 2.92. The molecule has 2 heterocycles. The summed E-state index contributed by atoms with van der Waals surface area (Å²) in [7, 11) is 0. The molecule has 2 aliphatic heterocycles. The van der Waals surface area contributed by atoms with Crippen LogP contribution in [-0.2, 0) is 0 Å². The summed E-state index contributed by atoms with van der Waals surface area (Å²) in [5, 5.41) is 0. The van der Waals surface area contributed by atoms with Crippen molar-refractivity contribution in [2.75, 3.05) is 19.6 Å². The molecule has 2 heteroatoms. The Bertz CT molecular complexity index is 270. The molecule has 18 heavy (non-hydrogen) atoms. The number of nitrogens with zero attached hydrogens (tertiary/aromatic N) is 2. The van der Waals surface area contributed by atoms with Crippen LogP contribution in [0.5, 0.6) is 0 Å². The first-order chi connectivity index (χ1) is 8.78. The van der Waals surface area contributed by atoms with E-state index in [9.17, 15) is 0 Å². The Labute approximate surface area is 113 Å². The van der Waals surface area contributed by atoms with Crippen LogP contribution in [-0.4, -0.2) is 47.6 Å². The van der Waals surface area contributed by atoms with E-state index in [1.54, 1.807) is 0 Å². The minimum Gasteiger partial charge on any atom is -0.298 e. The number of fused-ring (bicyclic) bond motifs is 1. The number of hydrogen-bond donors (Lipinski definition) is 0. The van der Waals surface area contributed by atoms with Gasteiger partial charge in [-0.25, -0.2) is 0 Å². The van der Waals surface area contributed by atoms with Gasteiger partial charge in [0.2, 0.25) is 0 Å². The Morgan fingerprint density at radius 2 is 1.72 bits per heavy atom. The molecule has 1 aliphatic carbocycles. The molecule has 0 aromatic rings. The summed E-state index contributed by atoms with van der Waals surface area (Å²) in [6.07, 6.45) is 10.1. The summed E-state index contributed by atoms with van der Waals surface area (Å²) in [6.45, 7) is 8.92. The van der Waals surface area contributed by atoms with Crippen molar-refractivity contribution in [3.63, 3.8) is 0 Å². The molecule has 0 amide bonds. The van der Waals surface area contributed by atoms with Gasteiger partial charge < -0.3 is 0 Å². The average Bonchev–Trinajstić information content (AvgIpc) is 2.85. The van der Waals surface area contributed by atoms with Gasteiger partial charge in [0, 0.05) is 31.2 Å². The Morgan fingerprint density at radius 1 is 0.944 bits per heavy atom. The first-order valence-corrected chi connectivity index (χ1v) is 8.27. The molecule has 1 saturated carbocycles. The summed E-state index contributed by atoms with van der Waals surface area (Å²) in [6, 6.07) is 2.65. The molecule has 0 spiro atoms. The lowest BCUT2D eigenvalue weighted by molar-refractivity contribution is 0.00321. The third-order valence-corrected chi connectivity index (χ3v) is 5.76. The van der Waals surface area contributed by atoms with Crippen LogP contribution in [0.2, 0.25) is 0 Å². The van der Waals surface area contributed by atoms with Gasteiger partial charge in [-0.05, 0) is 57.4 Å². The van der Waals surface area contributed by atoms with E-state index in [1.807, 2.05) is 0 Å². The number of rotatable bonds is 2. The van der Waals surface area contributed by atoms with Crippen molar-refractivity contribution in [1.29, 1.82) is 0 Å². The fraction of sp³-hybridized carbons (Fsp3) is 1.00. The van der Waals surface area contributed by atoms with Crippen LogP contribution < -0.4 is 0 Å². The van der Waals surface area contributed by atoms with Gasteiger partial charge in [-0.2, -0.15) is 0 Å². The normalized spacial score (nSPS) is 43.0. The highest BCUT2D eigenvalue weighted by atomic mass is 15.3. The lowest BCUT2D eigenvalue weighted by atomic mass is 9.85. The zero-order valence-corrected chi connectivity index (χ0v) is 12.3. The summed E-state index contributed by atoms with van der Waals surface area (Å²) in [4.78, 5) is 5.69. The standard InChI is InChI=1S/C16H30N2/c1-3-14-11-17-10-4-5-16(17)12-18(14)15-8-6-13(2)7-9-15/h13-16H,3-12H2,1-2H3. The van der Waals surface area contributed by atoms with Crippen LogP contribution in [0.1, 0.15) is 58.8 Å². The summed E-state index contributed by atoms with van der Waals surface area (Å²) in [5.74, 6) is 0.981. The van der Waals surface area contributed by atoms with E-state index in [2.05, 4.69) is 23.6 Å². The summed E-state index contributed by atoms with van der Waals surface area (Å²) < 4.78 is 0. The molecule has 0 N–H and O–H groups in total. The van der Waals surface area contributed by atoms with Gasteiger partial charge in [-0.1, -0.05) is 13.8 Å². The second-order valence-electron chi connectivity index (χ2n) is 6.96. The largest absolute Gasteiger partial charge is 0.298 e. The van der Waals surface area contributed by atoms with Crippen molar-refractivity contribution in [2.45, 2.75) is 76.9 Å². The maximum absolute atomic E-state index is 2.92. The van der Waals surface area contributed by atoms with Crippen LogP contribution in [0.3, 0.4) is 0 Å². The van der Waals surface area contributed by atoms with Gasteiger partial charge in [0.25, 0.3) is 0 Å². The van der Waals surface area contributed by atoms with E-state index in [0.29, 0.717) is 0 Å². The Hall–Kier alpha value is -0.0800. The van der Waals surface area contributed by atoms with Crippen LogP contribution in [0.25, 0.3) is 0 Å². The van der Waals surface area contributed by atoms with E-state index in [1.165, 1.54) is 64.6 Å². The van der Waals surface area contributed by atoms with Crippen LogP contribution in [0.15, 0.2) is 0 Å². The average molecular weight is 250 g/mol. The first kappa shape index (κ1) is 12.9. The monoisotopic (exact) mass is 250 g/mol. The molecule has 2 saturated heterocycles. The zero-order chi connectivity index (χ0) is 12.5. The van der Waals surface area contributed by atoms with Gasteiger partial charge in [0.05, 0.1) is 0 Å². The highest BCUT2D eigenvalue weighted by Gasteiger charge is 2.38. The van der Waals surface area contributed by atoms with Gasteiger partial charge in [0.15, 0.2) is 0 Å². The Morgan fingerprint density at radius 3 is 2.44 bits per heavy atom. The van der Waals surface area contributed by atoms with E-state index in [-0.39, 0.29) is 0 Å². The number of hydrogen-bond acceptors (Lipinski definition) is 2. The molecule has 3 rings (SSSR count). The second-order valence-corrected chi connectivity index (χ2v) is 6.96. The molecule has 3 aliphatic rings. The molecule has 104 valence electrons. The molecule has 2 atom stereocenters. The van der Waals surface area contributed by atoms with Gasteiger partial charge in [-0.3, -0.25) is 9.80 Å². The van der Waals surface area contributed by atoms with Crippen molar-refractivity contribution < 1.29 is 0 Å². The molecular formula is C16H30N2. The molecule has 0 radical (unpaired) electrons. The van der Waals surface area contributed by atoms with Crippen molar-refractivity contribution in [3.05, 3.63) is 0 Å². The van der Waals surface area contributed by atoms with E-state index in [0.717, 1.165) is 24.0 Å². The van der Waals surface area contributed by atoms with Gasteiger partial charge in [0.1, 0.15) is 0 Å². The van der Waals surface area contributed by atoms with E-state index >= 15 is 0 Å². The van der Waals surface area contributed by atoms with Crippen molar-refractivity contribution >= 4 is 0 Å². The quantitative estimate of drug-likeness (QED) is 0.743. The Balaban J connectivity index is 1.65. The smallest absolute Gasteiger partial charge is 0.0224 e. The van der Waals surface area contributed by atoms with Crippen LogP contribution in [0.4, 0.5) is 0 Å². The van der Waals surface area contributed by atoms with E-state index < -0.39 is 0 Å². The van der Waals surface area contributed by atoms with Crippen LogP contribution in [0, 0.1) is 5.92 Å². The van der Waals surface area contributed by atoms with Crippen molar-refractivity contribution in [1.82, 2.24) is 9.80 Å². The van der Waals surface area contributed by atoms with Gasteiger partial charge in [-0.15, -0.1) is 0 Å². The molecule has 2 unspecified atom stereocenters. The lowest BCUT2D eigenvalue weighted by Gasteiger charge is -2.48. The summed E-state index contributed by atoms with van der Waals surface area (Å²) >= 11 is 0. The molecule has 0 aromatic carbocycles. The highest BCUT2D eigenvalue weighted by molar-refractivity contribution is 4.95. The predicted octanol–water partition coefficient (Wildman–Crippen LogP) is 3.12. The predicted molar refractivity (Wildman–Crippen MR) is 76.8 cm³/mol. The topological polar surface area (TPSA) is 6.48 Å². The molecule has 2 nitrogen and oxygen atoms in total. The lowest BCUT2D eigenvalue weighted by Crippen LogP contribution is -2.59. The van der Waals surface area contributed by atoms with Crippen molar-refractivity contribution in [2.24, 2.45) is 5.92 Å². The summed E-state index contributed by atoms with van der Waals surface area (Å²) in [5.41, 5.74) is 0. The fourth-order valence-electron chi connectivity index (χ4n) is 4.50. The third kappa shape index (κ3) is 2.46. The third-order valence-electron chi connectivity index (χ3n) is 5.76. The minimum atomic E-state index is 0.845.